The number of benzene rings is 9. The van der Waals surface area contributed by atoms with Crippen LogP contribution < -0.4 is 4.74 Å². The molecule has 0 spiro atoms. The molecule has 0 saturated heterocycles. The Morgan fingerprint density at radius 2 is 1.42 bits per heavy atom. The summed E-state index contributed by atoms with van der Waals surface area (Å²) in [5.74, 6) is 1.13. The Balaban J connectivity index is 0.00000569. The number of rotatable bonds is 8. The third-order valence-electron chi connectivity index (χ3n) is 15.1. The van der Waals surface area contributed by atoms with E-state index in [1.165, 1.54) is 5.56 Å². The number of fused-ring (bicyclic) bond motifs is 8. The van der Waals surface area contributed by atoms with Gasteiger partial charge < -0.3 is 18.7 Å². The fourth-order valence-electron chi connectivity index (χ4n) is 11.2. The molecule has 9 aromatic carbocycles. The van der Waals surface area contributed by atoms with E-state index in [1.54, 1.807) is 6.20 Å². The first-order chi connectivity index (χ1) is 35.9. The maximum Gasteiger partial charge on any atom is 2.00 e. The van der Waals surface area contributed by atoms with Crippen LogP contribution in [-0.4, -0.2) is 14.5 Å². The number of pyridine rings is 1. The van der Waals surface area contributed by atoms with E-state index in [1.807, 2.05) is 42.5 Å². The van der Waals surface area contributed by atoms with Crippen LogP contribution in [0, 0.1) is 17.5 Å². The molecule has 6 heteroatoms. The topological polar surface area (TPSA) is 53.1 Å². The van der Waals surface area contributed by atoms with Gasteiger partial charge in [-0.25, -0.2) is 0 Å². The van der Waals surface area contributed by atoms with E-state index in [0.717, 1.165) is 119 Å². The molecule has 0 aliphatic heterocycles. The van der Waals surface area contributed by atoms with Gasteiger partial charge in [-0.1, -0.05) is 185 Å². The Morgan fingerprint density at radius 1 is 0.662 bits per heavy atom. The zero-order valence-corrected chi connectivity index (χ0v) is 44.5. The summed E-state index contributed by atoms with van der Waals surface area (Å²) in [6.45, 7) is 11.5. The number of furan rings is 1. The molecule has 1 aliphatic carbocycles. The maximum absolute atomic E-state index is 9.59. The van der Waals surface area contributed by atoms with Crippen LogP contribution in [0.3, 0.4) is 0 Å². The predicted molar refractivity (Wildman–Crippen MR) is 301 cm³/mol. The average Bonchev–Trinajstić information content (AvgIpc) is 4.00. The van der Waals surface area contributed by atoms with Gasteiger partial charge in [-0.05, 0) is 134 Å². The summed E-state index contributed by atoms with van der Waals surface area (Å²) in [4.78, 5) is 10.1. The Bertz CT molecular complexity index is 4120. The van der Waals surface area contributed by atoms with Crippen molar-refractivity contribution in [3.05, 3.63) is 211 Å². The molecule has 5 nitrogen and oxygen atoms in total. The van der Waals surface area contributed by atoms with Crippen molar-refractivity contribution in [1.82, 2.24) is 14.5 Å². The zero-order chi connectivity index (χ0) is 50.3. The van der Waals surface area contributed by atoms with E-state index in [0.29, 0.717) is 28.5 Å². The van der Waals surface area contributed by atoms with E-state index < -0.39 is 5.89 Å². The second-order valence-electron chi connectivity index (χ2n) is 21.6. The monoisotopic (exact) mass is 1140 g/mol. The second kappa shape index (κ2) is 18.7. The van der Waals surface area contributed by atoms with Gasteiger partial charge in [0.15, 0.2) is 0 Å². The summed E-state index contributed by atoms with van der Waals surface area (Å²) in [6, 6.07) is 70.9. The molecule has 1 saturated carbocycles. The molecular weight excluding hydrogens is 1090 g/mol. The van der Waals surface area contributed by atoms with E-state index in [-0.39, 0.29) is 31.9 Å². The molecule has 74 heavy (non-hydrogen) atoms. The third kappa shape index (κ3) is 8.51. The molecule has 3 aromatic heterocycles. The van der Waals surface area contributed by atoms with Crippen LogP contribution in [0.15, 0.2) is 193 Å². The van der Waals surface area contributed by atoms with Crippen LogP contribution in [0.5, 0.6) is 11.5 Å². The molecular formula is C68H55N3O2Pt. The Hall–Kier alpha value is -7.59. The molecule has 12 aromatic rings. The van der Waals surface area contributed by atoms with Crippen molar-refractivity contribution in [3.8, 4) is 62.1 Å². The quantitative estimate of drug-likeness (QED) is 0.112. The Morgan fingerprint density at radius 3 is 2.22 bits per heavy atom. The minimum Gasteiger partial charge on any atom is -0.500 e. The largest absolute Gasteiger partial charge is 2.00 e. The molecule has 3 heterocycles. The molecule has 0 unspecified atom stereocenters. The number of nitrogens with zero attached hydrogens (tertiary/aromatic N) is 3. The summed E-state index contributed by atoms with van der Waals surface area (Å²) in [5.41, 5.74) is 13.3. The zero-order valence-electron chi connectivity index (χ0n) is 43.2. The van der Waals surface area contributed by atoms with Gasteiger partial charge in [0.2, 0.25) is 0 Å². The molecule has 364 valence electrons. The van der Waals surface area contributed by atoms with Crippen LogP contribution in [0.2, 0.25) is 0 Å². The van der Waals surface area contributed by atoms with Gasteiger partial charge in [-0.15, -0.1) is 23.8 Å². The number of imidazole rings is 1. The van der Waals surface area contributed by atoms with Gasteiger partial charge in [0.1, 0.15) is 5.58 Å². The van der Waals surface area contributed by atoms with Crippen molar-refractivity contribution in [1.29, 1.82) is 0 Å². The van der Waals surface area contributed by atoms with Gasteiger partial charge in [0.25, 0.3) is 0 Å². The number of hydrogen-bond donors (Lipinski definition) is 0. The molecule has 0 amide bonds. The molecule has 0 bridgehead atoms. The predicted octanol–water partition coefficient (Wildman–Crippen LogP) is 18.7. The fraction of sp³-hybridized carbons (Fsp3) is 0.176. The van der Waals surface area contributed by atoms with Gasteiger partial charge in [0.05, 0.1) is 22.4 Å². The van der Waals surface area contributed by atoms with E-state index >= 15 is 0 Å². The number of para-hydroxylation sites is 2. The van der Waals surface area contributed by atoms with Gasteiger partial charge in [-0.3, -0.25) is 4.98 Å². The smallest absolute Gasteiger partial charge is 0.500 e. The van der Waals surface area contributed by atoms with E-state index in [2.05, 4.69) is 196 Å². The Kier molecular flexibility index (Phi) is 11.7. The molecule has 1 aliphatic rings. The minimum atomic E-state index is -0.590. The van der Waals surface area contributed by atoms with Crippen LogP contribution in [0.4, 0.5) is 0 Å². The third-order valence-corrected chi connectivity index (χ3v) is 15.1. The standard InChI is InChI=1S/C68H55N3O2.Pt/c1-67(2,3)57-39-48(43-16-7-6-8-17-43)30-32-60(57)71-61-24-12-11-23-59(61)70-66(71)56-41-51(72-50-20-15-19-49(38-50)58-22-13-14-37-69-58)40-55-64-62(73-65(55)56)42-54(53-31-29-46-18-9-10-21-52(46)63(53)64)47-27-25-44(26-28-47)45-33-35-68(4,5)36-34-45;/h6-32,37,39-40,42,45H,33-36H2,1-5H3;/q-2;+2/i45D;. The van der Waals surface area contributed by atoms with E-state index in [4.69, 9.17) is 14.1 Å². The number of aromatic nitrogens is 3. The summed E-state index contributed by atoms with van der Waals surface area (Å²) < 4.78 is 26.2. The van der Waals surface area contributed by atoms with Crippen LogP contribution >= 0.6 is 0 Å². The van der Waals surface area contributed by atoms with E-state index in [9.17, 15) is 1.37 Å². The van der Waals surface area contributed by atoms with Crippen molar-refractivity contribution < 1.29 is 31.6 Å². The van der Waals surface area contributed by atoms with Gasteiger partial charge in [0, 0.05) is 35.5 Å². The fourth-order valence-corrected chi connectivity index (χ4v) is 11.2. The van der Waals surface area contributed by atoms with Gasteiger partial charge >= 0.3 is 21.1 Å². The van der Waals surface area contributed by atoms with Crippen molar-refractivity contribution in [2.45, 2.75) is 71.6 Å². The van der Waals surface area contributed by atoms with Crippen molar-refractivity contribution in [2.75, 3.05) is 0 Å². The maximum atomic E-state index is 9.59. The number of ether oxygens (including phenoxy) is 1. The van der Waals surface area contributed by atoms with Gasteiger partial charge in [-0.2, -0.15) is 0 Å². The first kappa shape index (κ1) is 46.2. The molecule has 0 N–H and O–H groups in total. The summed E-state index contributed by atoms with van der Waals surface area (Å²) in [6.07, 6.45) is 5.62. The second-order valence-corrected chi connectivity index (χ2v) is 21.6. The van der Waals surface area contributed by atoms with Crippen molar-refractivity contribution >= 4 is 54.5 Å². The molecule has 0 atom stereocenters. The van der Waals surface area contributed by atoms with Crippen molar-refractivity contribution in [2.24, 2.45) is 5.41 Å². The van der Waals surface area contributed by atoms with Crippen LogP contribution in [0.25, 0.3) is 105 Å². The van der Waals surface area contributed by atoms with Crippen LogP contribution in [-0.2, 0) is 26.5 Å². The Labute approximate surface area is 448 Å². The molecule has 0 radical (unpaired) electrons. The normalized spacial score (nSPS) is 14.6. The SMILES string of the molecule is [2H]C1(c2ccc(-c3cc4oc5c(-c6nc7ccccc7n6-c6ccc(-c7ccccc7)cc6C(C)(C)C)[c-]c(Oc6[c-]c(-c7ccccn7)ccc6)cc5c4c4c3ccc3ccccc34)cc2)CCC(C)(C)CC1.[Pt+2]. The molecule has 1 fully saturated rings. The van der Waals surface area contributed by atoms with Crippen molar-refractivity contribution in [3.63, 3.8) is 0 Å². The summed E-state index contributed by atoms with van der Waals surface area (Å²) in [7, 11) is 0. The summed E-state index contributed by atoms with van der Waals surface area (Å²) in [5, 5.41) is 6.34. The first-order valence-corrected chi connectivity index (χ1v) is 25.6. The first-order valence-electron chi connectivity index (χ1n) is 26.1. The average molecular weight is 1140 g/mol. The minimum absolute atomic E-state index is 0. The summed E-state index contributed by atoms with van der Waals surface area (Å²) >= 11 is 0. The van der Waals surface area contributed by atoms with Crippen LogP contribution in [0.1, 0.15) is 78.7 Å². The molecule has 13 rings (SSSR count). The number of hydrogen-bond acceptors (Lipinski definition) is 4.